The lowest BCUT2D eigenvalue weighted by atomic mass is 9.95. The topological polar surface area (TPSA) is 66.4 Å². The third-order valence-electron chi connectivity index (χ3n) is 1.47. The van der Waals surface area contributed by atoms with Crippen LogP contribution in [0.15, 0.2) is 0 Å². The van der Waals surface area contributed by atoms with Crippen LogP contribution in [0.5, 0.6) is 0 Å². The summed E-state index contributed by atoms with van der Waals surface area (Å²) in [7, 11) is 0. The first-order valence-corrected chi connectivity index (χ1v) is 4.57. The van der Waals surface area contributed by atoms with Gasteiger partial charge in [0.15, 0.2) is 0 Å². The molecule has 0 aromatic heterocycles. The highest BCUT2D eigenvalue weighted by molar-refractivity contribution is 7.80. The normalized spacial score (nSPS) is 13.5. The van der Waals surface area contributed by atoms with Crippen LogP contribution in [0.4, 0.5) is 0 Å². The van der Waals surface area contributed by atoms with E-state index in [4.69, 9.17) is 5.11 Å². The van der Waals surface area contributed by atoms with Crippen LogP contribution in [0.2, 0.25) is 0 Å². The number of carboxylic acids is 1. The second-order valence-electron chi connectivity index (χ2n) is 3.80. The molecule has 0 fully saturated rings. The molecule has 5 heteroatoms. The van der Waals surface area contributed by atoms with Crippen molar-refractivity contribution in [1.82, 2.24) is 5.32 Å². The highest BCUT2D eigenvalue weighted by Crippen LogP contribution is 2.12. The Kier molecular flexibility index (Phi) is 4.26. The van der Waals surface area contributed by atoms with Gasteiger partial charge in [-0.1, -0.05) is 20.8 Å². The van der Waals surface area contributed by atoms with Crippen molar-refractivity contribution < 1.29 is 14.7 Å². The summed E-state index contributed by atoms with van der Waals surface area (Å²) in [6.07, 6.45) is 0. The third-order valence-corrected chi connectivity index (χ3v) is 1.83. The molecule has 0 unspecified atom stereocenters. The van der Waals surface area contributed by atoms with Crippen LogP contribution in [0.3, 0.4) is 0 Å². The quantitative estimate of drug-likeness (QED) is 0.589. The van der Waals surface area contributed by atoms with Crippen molar-refractivity contribution >= 4 is 24.5 Å². The Bertz CT molecular complexity index is 210. The average Bonchev–Trinajstić information content (AvgIpc) is 1.96. The molecule has 0 heterocycles. The summed E-state index contributed by atoms with van der Waals surface area (Å²) in [5, 5.41) is 11.0. The zero-order chi connectivity index (χ0) is 10.6. The van der Waals surface area contributed by atoms with E-state index in [9.17, 15) is 9.59 Å². The van der Waals surface area contributed by atoms with Gasteiger partial charge < -0.3 is 10.4 Å². The van der Waals surface area contributed by atoms with E-state index in [-0.39, 0.29) is 11.7 Å². The van der Waals surface area contributed by atoms with Gasteiger partial charge in [-0.25, -0.2) is 4.79 Å². The number of carbonyl (C=O) groups excluding carboxylic acids is 1. The zero-order valence-corrected chi connectivity index (χ0v) is 8.89. The predicted molar refractivity (Wildman–Crippen MR) is 52.9 cm³/mol. The van der Waals surface area contributed by atoms with Crippen molar-refractivity contribution in [3.63, 3.8) is 0 Å². The molecule has 0 rings (SSSR count). The number of carbonyl (C=O) groups is 2. The molecule has 4 nitrogen and oxygen atoms in total. The molecule has 0 aromatic carbocycles. The number of hydrogen-bond acceptors (Lipinski definition) is 3. The lowest BCUT2D eigenvalue weighted by molar-refractivity contribution is -0.142. The van der Waals surface area contributed by atoms with E-state index in [0.29, 0.717) is 0 Å². The monoisotopic (exact) mass is 205 g/mol. The van der Waals surface area contributed by atoms with E-state index in [0.717, 1.165) is 0 Å². The van der Waals surface area contributed by atoms with Crippen molar-refractivity contribution in [2.45, 2.75) is 26.8 Å². The molecule has 13 heavy (non-hydrogen) atoms. The van der Waals surface area contributed by atoms with Gasteiger partial charge in [0.2, 0.25) is 5.91 Å². The second kappa shape index (κ2) is 4.50. The number of carboxylic acid groups (broad SMARTS) is 1. The van der Waals surface area contributed by atoms with E-state index in [1.807, 2.05) is 0 Å². The van der Waals surface area contributed by atoms with Crippen LogP contribution < -0.4 is 5.32 Å². The van der Waals surface area contributed by atoms with Crippen molar-refractivity contribution in [1.29, 1.82) is 0 Å². The summed E-state index contributed by atoms with van der Waals surface area (Å²) in [6, 6.07) is -0.907. The molecule has 0 spiro atoms. The van der Waals surface area contributed by atoms with Gasteiger partial charge in [-0.3, -0.25) is 4.79 Å². The van der Waals surface area contributed by atoms with Crippen LogP contribution in [0.1, 0.15) is 20.8 Å². The second-order valence-corrected chi connectivity index (χ2v) is 4.16. The maximum Gasteiger partial charge on any atom is 0.327 e. The van der Waals surface area contributed by atoms with E-state index in [2.05, 4.69) is 17.9 Å². The molecule has 2 N–H and O–H groups in total. The van der Waals surface area contributed by atoms with E-state index in [1.165, 1.54) is 0 Å². The molecule has 0 saturated heterocycles. The first-order valence-electron chi connectivity index (χ1n) is 3.93. The fourth-order valence-electron chi connectivity index (χ4n) is 0.560. The molecule has 0 radical (unpaired) electrons. The summed E-state index contributed by atoms with van der Waals surface area (Å²) in [5.41, 5.74) is -0.573. The van der Waals surface area contributed by atoms with Gasteiger partial charge in [-0.15, -0.1) is 0 Å². The van der Waals surface area contributed by atoms with E-state index in [1.54, 1.807) is 20.8 Å². The minimum atomic E-state index is -1.06. The lowest BCUT2D eigenvalue weighted by Gasteiger charge is -2.20. The van der Waals surface area contributed by atoms with Crippen molar-refractivity contribution in [3.05, 3.63) is 0 Å². The largest absolute Gasteiger partial charge is 0.480 e. The molecule has 0 aliphatic heterocycles. The lowest BCUT2D eigenvalue weighted by Crippen LogP contribution is -2.46. The van der Waals surface area contributed by atoms with Crippen molar-refractivity contribution in [2.75, 3.05) is 5.75 Å². The van der Waals surface area contributed by atoms with E-state index >= 15 is 0 Å². The van der Waals surface area contributed by atoms with Crippen LogP contribution >= 0.6 is 12.6 Å². The van der Waals surface area contributed by atoms with Crippen LogP contribution in [0.25, 0.3) is 0 Å². The minimum absolute atomic E-state index is 0.0944. The molecule has 0 aromatic rings. The summed E-state index contributed by atoms with van der Waals surface area (Å²) >= 11 is 3.83. The van der Waals surface area contributed by atoms with Crippen molar-refractivity contribution in [2.24, 2.45) is 5.41 Å². The molecular formula is C8H15NO3S. The molecule has 0 saturated carbocycles. The first-order chi connectivity index (χ1) is 5.79. The fourth-order valence-corrected chi connectivity index (χ4v) is 0.808. The smallest absolute Gasteiger partial charge is 0.327 e. The summed E-state index contributed by atoms with van der Waals surface area (Å²) in [5.74, 6) is -1.25. The van der Waals surface area contributed by atoms with Gasteiger partial charge in [0.05, 0.1) is 0 Å². The van der Waals surface area contributed by atoms with Gasteiger partial charge >= 0.3 is 5.97 Å². The van der Waals surface area contributed by atoms with Gasteiger partial charge in [-0.2, -0.15) is 12.6 Å². The van der Waals surface area contributed by atoms with Gasteiger partial charge in [0.1, 0.15) is 6.04 Å². The maximum absolute atomic E-state index is 11.3. The highest BCUT2D eigenvalue weighted by atomic mass is 32.1. The Hall–Kier alpha value is -0.710. The molecule has 0 bridgehead atoms. The number of amides is 1. The molecule has 0 aliphatic rings. The molecule has 1 atom stereocenters. The van der Waals surface area contributed by atoms with Gasteiger partial charge in [-0.05, 0) is 0 Å². The Morgan fingerprint density at radius 2 is 1.92 bits per heavy atom. The Balaban J connectivity index is 4.26. The predicted octanol–water partition coefficient (Wildman–Crippen LogP) is 0.532. The molecule has 0 aliphatic carbocycles. The summed E-state index contributed by atoms with van der Waals surface area (Å²) in [4.78, 5) is 21.9. The maximum atomic E-state index is 11.3. The number of rotatable bonds is 3. The summed E-state index contributed by atoms with van der Waals surface area (Å²) in [6.45, 7) is 5.17. The fraction of sp³-hybridized carbons (Fsp3) is 0.750. The molecule has 76 valence electrons. The highest BCUT2D eigenvalue weighted by Gasteiger charge is 2.26. The van der Waals surface area contributed by atoms with Gasteiger partial charge in [0, 0.05) is 11.2 Å². The van der Waals surface area contributed by atoms with Crippen LogP contribution in [0, 0.1) is 5.41 Å². The molecule has 1 amide bonds. The number of hydrogen-bond donors (Lipinski definition) is 3. The Morgan fingerprint density at radius 1 is 1.46 bits per heavy atom. The Morgan fingerprint density at radius 3 is 2.15 bits per heavy atom. The van der Waals surface area contributed by atoms with Crippen molar-refractivity contribution in [3.8, 4) is 0 Å². The SMILES string of the molecule is CC(C)(C)C(=O)N[C@H](CS)C(=O)O. The van der Waals surface area contributed by atoms with Crippen LogP contribution in [-0.4, -0.2) is 28.8 Å². The standard InChI is InChI=1S/C8H15NO3S/c1-8(2,3)7(12)9-5(4-13)6(10)11/h5,13H,4H2,1-3H3,(H,9,12)(H,10,11)/t5-/m1/s1. The average molecular weight is 205 g/mol. The Labute approximate surface area is 83.1 Å². The van der Waals surface area contributed by atoms with Crippen LogP contribution in [-0.2, 0) is 9.59 Å². The number of aliphatic carboxylic acids is 1. The first kappa shape index (κ1) is 12.3. The third kappa shape index (κ3) is 4.17. The molecular weight excluding hydrogens is 190 g/mol. The number of nitrogens with one attached hydrogen (secondary N) is 1. The number of thiol groups is 1. The summed E-state index contributed by atoms with van der Waals surface area (Å²) < 4.78 is 0. The minimum Gasteiger partial charge on any atom is -0.480 e. The van der Waals surface area contributed by atoms with Gasteiger partial charge in [0.25, 0.3) is 0 Å². The van der Waals surface area contributed by atoms with E-state index < -0.39 is 17.4 Å². The zero-order valence-electron chi connectivity index (χ0n) is 8.00.